The molecule has 0 saturated heterocycles. The molecule has 0 aromatic heterocycles. The summed E-state index contributed by atoms with van der Waals surface area (Å²) in [5.74, 6) is -1.60. The maximum absolute atomic E-state index is 14.0. The Morgan fingerprint density at radius 2 is 1.85 bits per heavy atom. The van der Waals surface area contributed by atoms with E-state index in [1.807, 2.05) is 18.2 Å². The first-order chi connectivity index (χ1) is 12.9. The van der Waals surface area contributed by atoms with Crippen LogP contribution in [-0.4, -0.2) is 25.1 Å². The van der Waals surface area contributed by atoms with Crippen LogP contribution in [-0.2, 0) is 9.53 Å². The summed E-state index contributed by atoms with van der Waals surface area (Å²) < 4.78 is 24.0. The number of ether oxygens (including phenoxy) is 2. The topological polar surface area (TPSA) is 64.6 Å². The lowest BCUT2D eigenvalue weighted by atomic mass is 9.97. The van der Waals surface area contributed by atoms with Gasteiger partial charge in [-0.2, -0.15) is 0 Å². The number of hydrogen-bond donors (Lipinski definition) is 1. The smallest absolute Gasteiger partial charge is 0.341 e. The molecule has 2 rings (SSSR count). The third-order valence-corrected chi connectivity index (χ3v) is 4.41. The number of rotatable bonds is 7. The highest BCUT2D eigenvalue weighted by molar-refractivity contribution is 5.98. The summed E-state index contributed by atoms with van der Waals surface area (Å²) in [4.78, 5) is 24.6. The maximum atomic E-state index is 14.0. The zero-order valence-electron chi connectivity index (χ0n) is 15.9. The quantitative estimate of drug-likeness (QED) is 0.724. The van der Waals surface area contributed by atoms with Crippen molar-refractivity contribution in [2.45, 2.75) is 39.2 Å². The molecule has 1 amide bonds. The number of para-hydroxylation sites is 1. The van der Waals surface area contributed by atoms with Gasteiger partial charge in [-0.15, -0.1) is 0 Å². The number of carbonyl (C=O) groups excluding carboxylic acids is 2. The Kier molecular flexibility index (Phi) is 6.93. The predicted octanol–water partition coefficient (Wildman–Crippen LogP) is 4.53. The third-order valence-electron chi connectivity index (χ3n) is 4.41. The van der Waals surface area contributed by atoms with Crippen LogP contribution in [0.2, 0.25) is 0 Å². The Hall–Kier alpha value is -2.89. The van der Waals surface area contributed by atoms with Crippen LogP contribution in [0.1, 0.15) is 49.0 Å². The average molecular weight is 373 g/mol. The first kappa shape index (κ1) is 20.4. The van der Waals surface area contributed by atoms with Gasteiger partial charge in [0.05, 0.1) is 12.7 Å². The fourth-order valence-corrected chi connectivity index (χ4v) is 2.56. The monoisotopic (exact) mass is 373 g/mol. The van der Waals surface area contributed by atoms with Crippen molar-refractivity contribution >= 4 is 17.6 Å². The van der Waals surface area contributed by atoms with Crippen molar-refractivity contribution in [2.75, 3.05) is 12.4 Å². The third kappa shape index (κ3) is 5.06. The summed E-state index contributed by atoms with van der Waals surface area (Å²) in [5, 5.41) is 2.79. The van der Waals surface area contributed by atoms with Gasteiger partial charge in [0, 0.05) is 11.8 Å². The van der Waals surface area contributed by atoms with Crippen LogP contribution in [0.4, 0.5) is 10.1 Å². The first-order valence-electron chi connectivity index (χ1n) is 8.81. The van der Waals surface area contributed by atoms with Crippen LogP contribution < -0.4 is 10.1 Å². The number of amides is 1. The van der Waals surface area contributed by atoms with Crippen molar-refractivity contribution in [3.8, 4) is 5.75 Å². The Morgan fingerprint density at radius 3 is 2.48 bits per heavy atom. The van der Waals surface area contributed by atoms with E-state index in [-0.39, 0.29) is 17.2 Å². The molecule has 0 saturated carbocycles. The van der Waals surface area contributed by atoms with Crippen LogP contribution in [0.3, 0.4) is 0 Å². The number of esters is 1. The second kappa shape index (κ2) is 9.16. The van der Waals surface area contributed by atoms with E-state index in [4.69, 9.17) is 9.47 Å². The largest absolute Gasteiger partial charge is 0.497 e. The molecule has 5 nitrogen and oxygen atoms in total. The minimum Gasteiger partial charge on any atom is -0.497 e. The molecule has 0 aliphatic carbocycles. The summed E-state index contributed by atoms with van der Waals surface area (Å²) in [7, 11) is 1.40. The highest BCUT2D eigenvalue weighted by atomic mass is 19.1. The van der Waals surface area contributed by atoms with E-state index in [1.165, 1.54) is 26.2 Å². The Balaban J connectivity index is 2.07. The Labute approximate surface area is 158 Å². The van der Waals surface area contributed by atoms with Crippen molar-refractivity contribution in [3.05, 3.63) is 59.4 Å². The Bertz CT molecular complexity index is 822. The van der Waals surface area contributed by atoms with E-state index >= 15 is 0 Å². The van der Waals surface area contributed by atoms with Gasteiger partial charge in [-0.3, -0.25) is 4.79 Å². The predicted molar refractivity (Wildman–Crippen MR) is 102 cm³/mol. The van der Waals surface area contributed by atoms with Gasteiger partial charge in [-0.05, 0) is 43.0 Å². The van der Waals surface area contributed by atoms with Gasteiger partial charge in [-0.25, -0.2) is 9.18 Å². The van der Waals surface area contributed by atoms with Crippen molar-refractivity contribution in [3.63, 3.8) is 0 Å². The van der Waals surface area contributed by atoms with Crippen molar-refractivity contribution in [1.29, 1.82) is 0 Å². The summed E-state index contributed by atoms with van der Waals surface area (Å²) >= 11 is 0. The highest BCUT2D eigenvalue weighted by Gasteiger charge is 2.22. The van der Waals surface area contributed by atoms with Crippen LogP contribution in [0.15, 0.2) is 42.5 Å². The molecule has 1 N–H and O–H groups in total. The fourth-order valence-electron chi connectivity index (χ4n) is 2.56. The molecule has 0 spiro atoms. The molecule has 2 atom stereocenters. The molecule has 0 aliphatic heterocycles. The lowest BCUT2D eigenvalue weighted by molar-refractivity contribution is -0.123. The number of methoxy groups -OCH3 is 1. The summed E-state index contributed by atoms with van der Waals surface area (Å²) in [6.45, 7) is 5.58. The molecule has 6 heteroatoms. The van der Waals surface area contributed by atoms with Crippen molar-refractivity contribution < 1.29 is 23.5 Å². The van der Waals surface area contributed by atoms with Gasteiger partial charge in [0.2, 0.25) is 0 Å². The number of anilines is 1. The van der Waals surface area contributed by atoms with Crippen LogP contribution in [0.5, 0.6) is 5.75 Å². The molecule has 2 aromatic carbocycles. The summed E-state index contributed by atoms with van der Waals surface area (Å²) in [6.07, 6.45) is -0.155. The molecule has 0 fully saturated rings. The maximum Gasteiger partial charge on any atom is 0.341 e. The van der Waals surface area contributed by atoms with Crippen molar-refractivity contribution in [2.24, 2.45) is 0 Å². The van der Waals surface area contributed by atoms with E-state index in [9.17, 15) is 14.0 Å². The normalized spacial score (nSPS) is 12.8. The molecule has 144 valence electrons. The summed E-state index contributed by atoms with van der Waals surface area (Å²) in [5.41, 5.74) is 1.43. The molecule has 0 heterocycles. The summed E-state index contributed by atoms with van der Waals surface area (Å²) in [6, 6.07) is 11.3. The SMILES string of the molecule is CC[C@H](C)c1ccccc1NC(=O)[C@H](C)OC(=O)c1ccc(OC)cc1F. The molecule has 0 unspecified atom stereocenters. The number of carbonyl (C=O) groups is 2. The van der Waals surface area contributed by atoms with Gasteiger partial charge in [0.15, 0.2) is 6.10 Å². The fraction of sp³-hybridized carbons (Fsp3) is 0.333. The molecule has 0 aliphatic rings. The van der Waals surface area contributed by atoms with E-state index in [2.05, 4.69) is 19.2 Å². The zero-order valence-corrected chi connectivity index (χ0v) is 15.9. The van der Waals surface area contributed by atoms with E-state index in [1.54, 1.807) is 6.07 Å². The Morgan fingerprint density at radius 1 is 1.15 bits per heavy atom. The number of nitrogens with one attached hydrogen (secondary N) is 1. The van der Waals surface area contributed by atoms with Crippen LogP contribution in [0, 0.1) is 5.82 Å². The highest BCUT2D eigenvalue weighted by Crippen LogP contribution is 2.26. The zero-order chi connectivity index (χ0) is 20.0. The second-order valence-corrected chi connectivity index (χ2v) is 6.28. The van der Waals surface area contributed by atoms with Crippen LogP contribution >= 0.6 is 0 Å². The average Bonchev–Trinajstić information content (AvgIpc) is 2.67. The number of benzene rings is 2. The van der Waals surface area contributed by atoms with Gasteiger partial charge < -0.3 is 14.8 Å². The second-order valence-electron chi connectivity index (χ2n) is 6.28. The van der Waals surface area contributed by atoms with E-state index in [0.29, 0.717) is 5.69 Å². The molecule has 0 bridgehead atoms. The standard InChI is InChI=1S/C21H24FNO4/c1-5-13(2)16-8-6-7-9-19(16)23-20(24)14(3)27-21(25)17-11-10-15(26-4)12-18(17)22/h6-14H,5H2,1-4H3,(H,23,24)/t13-,14-/m0/s1. The molecular formula is C21H24FNO4. The van der Waals surface area contributed by atoms with Gasteiger partial charge >= 0.3 is 5.97 Å². The molecule has 27 heavy (non-hydrogen) atoms. The molecule has 0 radical (unpaired) electrons. The lowest BCUT2D eigenvalue weighted by Gasteiger charge is -2.18. The van der Waals surface area contributed by atoms with Gasteiger partial charge in [-0.1, -0.05) is 32.0 Å². The minimum atomic E-state index is -1.08. The molecule has 2 aromatic rings. The molecular weight excluding hydrogens is 349 g/mol. The van der Waals surface area contributed by atoms with E-state index in [0.717, 1.165) is 18.1 Å². The number of hydrogen-bond acceptors (Lipinski definition) is 4. The van der Waals surface area contributed by atoms with E-state index < -0.39 is 23.8 Å². The van der Waals surface area contributed by atoms with Gasteiger partial charge in [0.1, 0.15) is 11.6 Å². The lowest BCUT2D eigenvalue weighted by Crippen LogP contribution is -2.30. The number of halogens is 1. The van der Waals surface area contributed by atoms with Crippen LogP contribution in [0.25, 0.3) is 0 Å². The first-order valence-corrected chi connectivity index (χ1v) is 8.81. The van der Waals surface area contributed by atoms with Crippen molar-refractivity contribution in [1.82, 2.24) is 0 Å². The minimum absolute atomic E-state index is 0.254. The van der Waals surface area contributed by atoms with Gasteiger partial charge in [0.25, 0.3) is 5.91 Å².